The molecule has 5 nitrogen and oxygen atoms in total. The average molecular weight is 366 g/mol. The van der Waals surface area contributed by atoms with Crippen LogP contribution in [0.3, 0.4) is 0 Å². The van der Waals surface area contributed by atoms with Crippen molar-refractivity contribution in [1.82, 2.24) is 10.2 Å². The average Bonchev–Trinajstić information content (AvgIpc) is 2.73. The number of hydrogen-bond acceptors (Lipinski definition) is 2. The molecular weight excluding hydrogens is 338 g/mol. The van der Waals surface area contributed by atoms with Crippen LogP contribution in [0.25, 0.3) is 0 Å². The normalized spacial score (nSPS) is 16.0. The van der Waals surface area contributed by atoms with E-state index in [2.05, 4.69) is 24.4 Å². The third kappa shape index (κ3) is 5.41. The first-order valence-corrected chi connectivity index (χ1v) is 9.63. The summed E-state index contributed by atoms with van der Waals surface area (Å²) in [4.78, 5) is 27.9. The summed E-state index contributed by atoms with van der Waals surface area (Å²) in [5, 5.41) is 3.05. The number of piperazine rings is 1. The number of hydrogen-bond donors (Lipinski definition) is 2. The molecule has 0 unspecified atom stereocenters. The fraction of sp³-hybridized carbons (Fsp3) is 0.364. The zero-order valence-corrected chi connectivity index (χ0v) is 15.9. The number of quaternary nitrogens is 1. The van der Waals surface area contributed by atoms with Gasteiger partial charge in [0.15, 0.2) is 6.54 Å². The van der Waals surface area contributed by atoms with Crippen molar-refractivity contribution in [3.63, 3.8) is 0 Å². The van der Waals surface area contributed by atoms with Crippen molar-refractivity contribution in [2.24, 2.45) is 0 Å². The smallest absolute Gasteiger partial charge is 0.275 e. The SMILES string of the molecule is C[C@H](CNC(=O)C[NH+]1CCN(C(=O)c2ccccc2)CC1)c1ccccc1. The number of nitrogens with one attached hydrogen (secondary N) is 2. The summed E-state index contributed by atoms with van der Waals surface area (Å²) in [6, 6.07) is 19.6. The summed E-state index contributed by atoms with van der Waals surface area (Å²) in [5.41, 5.74) is 1.96. The van der Waals surface area contributed by atoms with E-state index in [0.717, 1.165) is 18.7 Å². The minimum Gasteiger partial charge on any atom is -0.351 e. The molecule has 142 valence electrons. The van der Waals surface area contributed by atoms with E-state index in [4.69, 9.17) is 0 Å². The van der Waals surface area contributed by atoms with Crippen molar-refractivity contribution in [1.29, 1.82) is 0 Å². The fourth-order valence-electron chi connectivity index (χ4n) is 3.42. The lowest BCUT2D eigenvalue weighted by Crippen LogP contribution is -3.15. The van der Waals surface area contributed by atoms with Gasteiger partial charge in [-0.3, -0.25) is 9.59 Å². The molecule has 0 bridgehead atoms. The molecular formula is C22H28N3O2+. The van der Waals surface area contributed by atoms with Crippen molar-refractivity contribution in [3.05, 3.63) is 71.8 Å². The Balaban J connectivity index is 1.40. The molecule has 0 aliphatic carbocycles. The molecule has 2 aromatic rings. The molecule has 1 atom stereocenters. The summed E-state index contributed by atoms with van der Waals surface area (Å²) in [6.07, 6.45) is 0. The van der Waals surface area contributed by atoms with Crippen LogP contribution >= 0.6 is 0 Å². The Bertz CT molecular complexity index is 741. The van der Waals surface area contributed by atoms with Crippen LogP contribution in [-0.2, 0) is 4.79 Å². The minimum absolute atomic E-state index is 0.0793. The highest BCUT2D eigenvalue weighted by Gasteiger charge is 2.25. The number of carbonyl (C=O) groups is 2. The highest BCUT2D eigenvalue weighted by atomic mass is 16.2. The van der Waals surface area contributed by atoms with Gasteiger partial charge in [-0.05, 0) is 23.6 Å². The van der Waals surface area contributed by atoms with Gasteiger partial charge >= 0.3 is 0 Å². The lowest BCUT2D eigenvalue weighted by molar-refractivity contribution is -0.896. The topological polar surface area (TPSA) is 53.9 Å². The molecule has 0 radical (unpaired) electrons. The number of amides is 2. The predicted octanol–water partition coefficient (Wildman–Crippen LogP) is 0.947. The van der Waals surface area contributed by atoms with E-state index in [1.807, 2.05) is 53.4 Å². The Kier molecular flexibility index (Phi) is 6.60. The third-order valence-corrected chi connectivity index (χ3v) is 5.16. The van der Waals surface area contributed by atoms with E-state index >= 15 is 0 Å². The minimum atomic E-state index is 0.0793. The molecule has 1 heterocycles. The molecule has 2 amide bonds. The van der Waals surface area contributed by atoms with Crippen LogP contribution in [0.5, 0.6) is 0 Å². The standard InChI is InChI=1S/C22H27N3O2/c1-18(19-8-4-2-5-9-19)16-23-21(26)17-24-12-14-25(15-13-24)22(27)20-10-6-3-7-11-20/h2-11,18H,12-17H2,1H3,(H,23,26)/p+1/t18-/m1/s1. The molecule has 1 aliphatic rings. The molecule has 1 fully saturated rings. The van der Waals surface area contributed by atoms with Gasteiger partial charge in [-0.1, -0.05) is 55.5 Å². The van der Waals surface area contributed by atoms with Gasteiger partial charge in [-0.15, -0.1) is 0 Å². The Morgan fingerprint density at radius 2 is 1.59 bits per heavy atom. The van der Waals surface area contributed by atoms with Crippen LogP contribution in [-0.4, -0.2) is 56.0 Å². The molecule has 0 saturated carbocycles. The molecule has 3 rings (SSSR count). The van der Waals surface area contributed by atoms with E-state index in [9.17, 15) is 9.59 Å². The first-order chi connectivity index (χ1) is 13.1. The number of rotatable bonds is 6. The van der Waals surface area contributed by atoms with Crippen molar-refractivity contribution in [2.75, 3.05) is 39.3 Å². The van der Waals surface area contributed by atoms with Crippen LogP contribution in [0.15, 0.2) is 60.7 Å². The lowest BCUT2D eigenvalue weighted by atomic mass is 10.0. The number of carbonyl (C=O) groups excluding carboxylic acids is 2. The third-order valence-electron chi connectivity index (χ3n) is 5.16. The zero-order valence-electron chi connectivity index (χ0n) is 15.9. The maximum atomic E-state index is 12.5. The van der Waals surface area contributed by atoms with Crippen LogP contribution < -0.4 is 10.2 Å². The van der Waals surface area contributed by atoms with Gasteiger partial charge in [-0.2, -0.15) is 0 Å². The molecule has 1 aliphatic heterocycles. The summed E-state index contributed by atoms with van der Waals surface area (Å²) in [7, 11) is 0. The first kappa shape index (κ1) is 19.1. The van der Waals surface area contributed by atoms with Crippen molar-refractivity contribution in [3.8, 4) is 0 Å². The number of benzene rings is 2. The van der Waals surface area contributed by atoms with Gasteiger partial charge in [0.2, 0.25) is 0 Å². The van der Waals surface area contributed by atoms with Crippen LogP contribution in [0, 0.1) is 0 Å². The molecule has 2 N–H and O–H groups in total. The van der Waals surface area contributed by atoms with Gasteiger partial charge in [-0.25, -0.2) is 0 Å². The van der Waals surface area contributed by atoms with E-state index in [1.54, 1.807) is 0 Å². The molecule has 1 saturated heterocycles. The zero-order chi connectivity index (χ0) is 19.1. The number of nitrogens with zero attached hydrogens (tertiary/aromatic N) is 1. The quantitative estimate of drug-likeness (QED) is 0.800. The second kappa shape index (κ2) is 9.33. The Labute approximate surface area is 161 Å². The van der Waals surface area contributed by atoms with E-state index in [0.29, 0.717) is 32.1 Å². The molecule has 0 spiro atoms. The van der Waals surface area contributed by atoms with Crippen molar-refractivity contribution < 1.29 is 14.5 Å². The summed E-state index contributed by atoms with van der Waals surface area (Å²) in [6.45, 7) is 6.23. The van der Waals surface area contributed by atoms with Gasteiger partial charge in [0.1, 0.15) is 0 Å². The second-order valence-electron chi connectivity index (χ2n) is 7.20. The maximum absolute atomic E-state index is 12.5. The van der Waals surface area contributed by atoms with Gasteiger partial charge in [0.25, 0.3) is 11.8 Å². The highest BCUT2D eigenvalue weighted by Crippen LogP contribution is 2.12. The van der Waals surface area contributed by atoms with Gasteiger partial charge in [0.05, 0.1) is 26.2 Å². The van der Waals surface area contributed by atoms with E-state index < -0.39 is 0 Å². The van der Waals surface area contributed by atoms with Gasteiger partial charge in [0, 0.05) is 12.1 Å². The summed E-state index contributed by atoms with van der Waals surface area (Å²) in [5.74, 6) is 0.455. The van der Waals surface area contributed by atoms with Crippen LogP contribution in [0.4, 0.5) is 0 Å². The largest absolute Gasteiger partial charge is 0.351 e. The lowest BCUT2D eigenvalue weighted by Gasteiger charge is -2.32. The van der Waals surface area contributed by atoms with E-state index in [1.165, 1.54) is 10.5 Å². The highest BCUT2D eigenvalue weighted by molar-refractivity contribution is 5.94. The second-order valence-corrected chi connectivity index (χ2v) is 7.20. The first-order valence-electron chi connectivity index (χ1n) is 9.63. The van der Waals surface area contributed by atoms with E-state index in [-0.39, 0.29) is 11.8 Å². The predicted molar refractivity (Wildman–Crippen MR) is 106 cm³/mol. The monoisotopic (exact) mass is 366 g/mol. The fourth-order valence-corrected chi connectivity index (χ4v) is 3.42. The maximum Gasteiger partial charge on any atom is 0.275 e. The summed E-state index contributed by atoms with van der Waals surface area (Å²) < 4.78 is 0. The van der Waals surface area contributed by atoms with Crippen molar-refractivity contribution >= 4 is 11.8 Å². The molecule has 2 aromatic carbocycles. The Morgan fingerprint density at radius 1 is 1.00 bits per heavy atom. The van der Waals surface area contributed by atoms with Crippen molar-refractivity contribution in [2.45, 2.75) is 12.8 Å². The Hall–Kier alpha value is -2.66. The molecule has 27 heavy (non-hydrogen) atoms. The molecule has 0 aromatic heterocycles. The van der Waals surface area contributed by atoms with Crippen LogP contribution in [0.1, 0.15) is 28.8 Å². The van der Waals surface area contributed by atoms with Crippen LogP contribution in [0.2, 0.25) is 0 Å². The Morgan fingerprint density at radius 3 is 2.22 bits per heavy atom. The molecule has 5 heteroatoms. The van der Waals surface area contributed by atoms with Gasteiger partial charge < -0.3 is 15.1 Å². The summed E-state index contributed by atoms with van der Waals surface area (Å²) >= 11 is 0.